The summed E-state index contributed by atoms with van der Waals surface area (Å²) in [7, 11) is 0. The molecule has 78 valence electrons. The second-order valence-electron chi connectivity index (χ2n) is 2.71. The predicted octanol–water partition coefficient (Wildman–Crippen LogP) is 2.50. The molecule has 0 radical (unpaired) electrons. The van der Waals surface area contributed by atoms with Crippen LogP contribution in [0.1, 0.15) is 5.56 Å². The Morgan fingerprint density at radius 3 is 2.87 bits per heavy atom. The first kappa shape index (κ1) is 11.5. The first-order chi connectivity index (χ1) is 7.13. The Morgan fingerprint density at radius 1 is 1.53 bits per heavy atom. The number of rotatable bonds is 3. The standard InChI is InChI=1S/C10H9NO3S/c1-15-10(12)6-5-8-3-2-4-9(7-8)11(13)14/h2-7H,1H3/b6-5+. The molecule has 0 saturated heterocycles. The highest BCUT2D eigenvalue weighted by Crippen LogP contribution is 2.14. The summed E-state index contributed by atoms with van der Waals surface area (Å²) in [5.74, 6) is 0. The summed E-state index contributed by atoms with van der Waals surface area (Å²) in [4.78, 5) is 20.9. The van der Waals surface area contributed by atoms with Crippen molar-refractivity contribution in [1.29, 1.82) is 0 Å². The van der Waals surface area contributed by atoms with E-state index in [1.165, 1.54) is 18.2 Å². The summed E-state index contributed by atoms with van der Waals surface area (Å²) in [6, 6.07) is 6.12. The molecule has 0 fully saturated rings. The molecule has 0 aliphatic heterocycles. The Bertz CT molecular complexity index is 415. The zero-order chi connectivity index (χ0) is 11.3. The monoisotopic (exact) mass is 223 g/mol. The molecule has 1 aromatic carbocycles. The molecule has 4 nitrogen and oxygen atoms in total. The minimum atomic E-state index is -0.465. The molecule has 1 aromatic rings. The molecule has 0 aliphatic carbocycles. The average molecular weight is 223 g/mol. The van der Waals surface area contributed by atoms with Crippen molar-refractivity contribution in [1.82, 2.24) is 0 Å². The predicted molar refractivity (Wildman–Crippen MR) is 60.7 cm³/mol. The van der Waals surface area contributed by atoms with Crippen LogP contribution in [0.15, 0.2) is 30.3 Å². The van der Waals surface area contributed by atoms with Gasteiger partial charge in [-0.25, -0.2) is 0 Å². The molecule has 15 heavy (non-hydrogen) atoms. The first-order valence-electron chi connectivity index (χ1n) is 4.14. The van der Waals surface area contributed by atoms with E-state index in [9.17, 15) is 14.9 Å². The lowest BCUT2D eigenvalue weighted by Crippen LogP contribution is -1.87. The lowest BCUT2D eigenvalue weighted by atomic mass is 10.2. The first-order valence-corrected chi connectivity index (χ1v) is 5.36. The van der Waals surface area contributed by atoms with Crippen LogP contribution in [0.25, 0.3) is 6.08 Å². The third kappa shape index (κ3) is 3.55. The molecule has 0 N–H and O–H groups in total. The maximum absolute atomic E-state index is 10.9. The van der Waals surface area contributed by atoms with Crippen LogP contribution in [0.2, 0.25) is 0 Å². The number of non-ortho nitro benzene ring substituents is 1. The molecule has 0 unspecified atom stereocenters. The van der Waals surface area contributed by atoms with Gasteiger partial charge in [0.05, 0.1) is 4.92 Å². The van der Waals surface area contributed by atoms with Gasteiger partial charge in [0, 0.05) is 12.1 Å². The number of carbonyl (C=O) groups is 1. The van der Waals surface area contributed by atoms with Gasteiger partial charge in [-0.1, -0.05) is 30.0 Å². The van der Waals surface area contributed by atoms with Gasteiger partial charge >= 0.3 is 0 Å². The number of nitro groups is 1. The van der Waals surface area contributed by atoms with Crippen molar-refractivity contribution in [3.63, 3.8) is 0 Å². The molecule has 5 heteroatoms. The van der Waals surface area contributed by atoms with Gasteiger partial charge in [0.2, 0.25) is 5.12 Å². The van der Waals surface area contributed by atoms with Crippen molar-refractivity contribution in [2.75, 3.05) is 6.26 Å². The zero-order valence-electron chi connectivity index (χ0n) is 8.04. The molecular weight excluding hydrogens is 214 g/mol. The molecular formula is C10H9NO3S. The van der Waals surface area contributed by atoms with Gasteiger partial charge in [-0.3, -0.25) is 14.9 Å². The molecule has 0 spiro atoms. The van der Waals surface area contributed by atoms with Crippen molar-refractivity contribution >= 4 is 28.6 Å². The van der Waals surface area contributed by atoms with E-state index in [4.69, 9.17) is 0 Å². The summed E-state index contributed by atoms with van der Waals surface area (Å²) >= 11 is 1.09. The Hall–Kier alpha value is -1.62. The molecule has 0 amide bonds. The second-order valence-corrected chi connectivity index (χ2v) is 3.52. The largest absolute Gasteiger partial charge is 0.282 e. The van der Waals surface area contributed by atoms with E-state index < -0.39 is 4.92 Å². The van der Waals surface area contributed by atoms with E-state index in [0.29, 0.717) is 5.56 Å². The van der Waals surface area contributed by atoms with Crippen molar-refractivity contribution in [3.05, 3.63) is 46.0 Å². The summed E-state index contributed by atoms with van der Waals surface area (Å²) < 4.78 is 0. The molecule has 0 aliphatic rings. The normalized spacial score (nSPS) is 10.5. The van der Waals surface area contributed by atoms with E-state index in [-0.39, 0.29) is 10.8 Å². The van der Waals surface area contributed by atoms with E-state index in [2.05, 4.69) is 0 Å². The van der Waals surface area contributed by atoms with Crippen LogP contribution in [0.5, 0.6) is 0 Å². The van der Waals surface area contributed by atoms with Crippen molar-refractivity contribution in [2.24, 2.45) is 0 Å². The second kappa shape index (κ2) is 5.31. The average Bonchev–Trinajstić information content (AvgIpc) is 2.26. The number of hydrogen-bond acceptors (Lipinski definition) is 4. The maximum Gasteiger partial charge on any atom is 0.270 e. The highest BCUT2D eigenvalue weighted by Gasteiger charge is 2.03. The van der Waals surface area contributed by atoms with E-state index in [0.717, 1.165) is 11.8 Å². The van der Waals surface area contributed by atoms with Crippen LogP contribution < -0.4 is 0 Å². The fourth-order valence-electron chi connectivity index (χ4n) is 0.974. The van der Waals surface area contributed by atoms with Gasteiger partial charge in [-0.2, -0.15) is 0 Å². The molecule has 0 aromatic heterocycles. The summed E-state index contributed by atoms with van der Waals surface area (Å²) in [6.45, 7) is 0. The highest BCUT2D eigenvalue weighted by molar-refractivity contribution is 8.13. The Balaban J connectivity index is 2.87. The van der Waals surface area contributed by atoms with E-state index in [1.807, 2.05) is 0 Å². The summed E-state index contributed by atoms with van der Waals surface area (Å²) in [5, 5.41) is 10.4. The number of carbonyl (C=O) groups excluding carboxylic acids is 1. The van der Waals surface area contributed by atoms with Crippen LogP contribution in [0.3, 0.4) is 0 Å². The topological polar surface area (TPSA) is 60.2 Å². The van der Waals surface area contributed by atoms with Crippen LogP contribution in [-0.2, 0) is 4.79 Å². The van der Waals surface area contributed by atoms with Gasteiger partial charge in [-0.05, 0) is 17.9 Å². The Morgan fingerprint density at radius 2 is 2.27 bits per heavy atom. The summed E-state index contributed by atoms with van der Waals surface area (Å²) in [5.41, 5.74) is 0.667. The van der Waals surface area contributed by atoms with Crippen LogP contribution in [-0.4, -0.2) is 16.3 Å². The van der Waals surface area contributed by atoms with E-state index >= 15 is 0 Å². The quantitative estimate of drug-likeness (QED) is 0.448. The number of hydrogen-bond donors (Lipinski definition) is 0. The molecule has 0 saturated carbocycles. The SMILES string of the molecule is CSC(=O)/C=C/c1cccc([N+](=O)[O-])c1. The minimum Gasteiger partial charge on any atom is -0.282 e. The van der Waals surface area contributed by atoms with Crippen LogP contribution in [0, 0.1) is 10.1 Å². The lowest BCUT2D eigenvalue weighted by Gasteiger charge is -1.93. The zero-order valence-corrected chi connectivity index (χ0v) is 8.86. The van der Waals surface area contributed by atoms with Gasteiger partial charge < -0.3 is 0 Å². The molecule has 0 bridgehead atoms. The maximum atomic E-state index is 10.9. The number of thioether (sulfide) groups is 1. The van der Waals surface area contributed by atoms with Crippen LogP contribution >= 0.6 is 11.8 Å². The van der Waals surface area contributed by atoms with Gasteiger partial charge in [0.15, 0.2) is 0 Å². The Kier molecular flexibility index (Phi) is 4.05. The molecule has 0 heterocycles. The third-order valence-electron chi connectivity index (χ3n) is 1.69. The summed E-state index contributed by atoms with van der Waals surface area (Å²) in [6.07, 6.45) is 4.63. The van der Waals surface area contributed by atoms with Gasteiger partial charge in [0.1, 0.15) is 0 Å². The van der Waals surface area contributed by atoms with Crippen molar-refractivity contribution in [2.45, 2.75) is 0 Å². The van der Waals surface area contributed by atoms with Crippen LogP contribution in [0.4, 0.5) is 5.69 Å². The van der Waals surface area contributed by atoms with Crippen molar-refractivity contribution in [3.8, 4) is 0 Å². The Labute approximate surface area is 91.1 Å². The number of benzene rings is 1. The fraction of sp³-hybridized carbons (Fsp3) is 0.100. The van der Waals surface area contributed by atoms with Gasteiger partial charge in [-0.15, -0.1) is 0 Å². The number of nitro benzene ring substituents is 1. The van der Waals surface area contributed by atoms with Crippen molar-refractivity contribution < 1.29 is 9.72 Å². The molecule has 1 rings (SSSR count). The number of nitrogens with zero attached hydrogens (tertiary/aromatic N) is 1. The lowest BCUT2D eigenvalue weighted by molar-refractivity contribution is -0.384. The van der Waals surface area contributed by atoms with Gasteiger partial charge in [0.25, 0.3) is 5.69 Å². The fourth-order valence-corrected chi connectivity index (χ4v) is 1.18. The smallest absolute Gasteiger partial charge is 0.270 e. The highest BCUT2D eigenvalue weighted by atomic mass is 32.2. The third-order valence-corrected chi connectivity index (χ3v) is 2.23. The minimum absolute atomic E-state index is 0.0220. The van der Waals surface area contributed by atoms with E-state index in [1.54, 1.807) is 24.5 Å². The molecule has 0 atom stereocenters.